The number of alkyl halides is 2. The standard InChI is InChI=1S/C32H24ClF2N9O/c33-26-14-24(40-30(22-9-4-6-20(12-22)15-37)28-18-44(43-42-28)32(34,35)19-45)13-25-29(23(16-38)17-39-31(25)26)41-27(10-5-11-36)21-7-2-1-3-8-21/h1-4,6-9,12-14,17-18,27,30,40,45H,5,10,19H2,(H,39,41)/t27-,30-/m1/s1/i30D. The third kappa shape index (κ3) is 6.66. The van der Waals surface area contributed by atoms with Crippen molar-refractivity contribution < 1.29 is 15.3 Å². The summed E-state index contributed by atoms with van der Waals surface area (Å²) in [7, 11) is 0. The topological polar surface area (TPSA) is 159 Å². The highest BCUT2D eigenvalue weighted by Crippen LogP contribution is 2.38. The number of halogens is 3. The fraction of sp³-hybridized carbons (Fsp3) is 0.188. The average Bonchev–Trinajstić information content (AvgIpc) is 3.59. The van der Waals surface area contributed by atoms with Crippen molar-refractivity contribution in [1.82, 2.24) is 20.0 Å². The lowest BCUT2D eigenvalue weighted by Gasteiger charge is -2.23. The smallest absolute Gasteiger partial charge is 0.367 e. The monoisotopic (exact) mass is 624 g/mol. The molecule has 0 radical (unpaired) electrons. The van der Waals surface area contributed by atoms with Crippen molar-refractivity contribution in [3.05, 3.63) is 112 Å². The maximum Gasteiger partial charge on any atom is 0.367 e. The highest BCUT2D eigenvalue weighted by molar-refractivity contribution is 6.35. The van der Waals surface area contributed by atoms with Crippen LogP contribution in [0.1, 0.15) is 54.2 Å². The number of anilines is 2. The molecule has 2 heterocycles. The molecule has 3 N–H and O–H groups in total. The first-order valence-corrected chi connectivity index (χ1v) is 13.9. The van der Waals surface area contributed by atoms with Gasteiger partial charge in [0.1, 0.15) is 18.4 Å². The van der Waals surface area contributed by atoms with Crippen LogP contribution in [0.4, 0.5) is 20.2 Å². The summed E-state index contributed by atoms with van der Waals surface area (Å²) < 4.78 is 38.2. The molecule has 0 fully saturated rings. The van der Waals surface area contributed by atoms with E-state index in [2.05, 4.69) is 38.1 Å². The molecule has 2 aromatic heterocycles. The molecule has 2 atom stereocenters. The Labute approximate surface area is 263 Å². The van der Waals surface area contributed by atoms with Crippen molar-refractivity contribution in [2.75, 3.05) is 17.2 Å². The second-order valence-corrected chi connectivity index (χ2v) is 10.3. The van der Waals surface area contributed by atoms with Crippen molar-refractivity contribution in [3.8, 4) is 18.2 Å². The fourth-order valence-electron chi connectivity index (χ4n) is 4.75. The minimum atomic E-state index is -3.78. The zero-order chi connectivity index (χ0) is 32.9. The lowest BCUT2D eigenvalue weighted by Crippen LogP contribution is -2.27. The molecule has 0 aliphatic carbocycles. The summed E-state index contributed by atoms with van der Waals surface area (Å²) in [5.41, 5.74) is 2.16. The van der Waals surface area contributed by atoms with Crippen molar-refractivity contribution in [1.29, 1.82) is 15.8 Å². The van der Waals surface area contributed by atoms with Crippen molar-refractivity contribution in [2.24, 2.45) is 0 Å². The van der Waals surface area contributed by atoms with Crippen LogP contribution in [0.3, 0.4) is 0 Å². The van der Waals surface area contributed by atoms with E-state index < -0.39 is 18.7 Å². The van der Waals surface area contributed by atoms with E-state index in [0.29, 0.717) is 23.0 Å². The first-order valence-electron chi connectivity index (χ1n) is 14.0. The molecule has 45 heavy (non-hydrogen) atoms. The van der Waals surface area contributed by atoms with Gasteiger partial charge in [0.15, 0.2) is 0 Å². The fourth-order valence-corrected chi connectivity index (χ4v) is 5.01. The number of aliphatic hydroxyl groups is 1. The zero-order valence-corrected chi connectivity index (χ0v) is 24.2. The van der Waals surface area contributed by atoms with E-state index in [1.165, 1.54) is 36.5 Å². The molecule has 0 aliphatic heterocycles. The maximum atomic E-state index is 14.3. The quantitative estimate of drug-likeness (QED) is 0.151. The van der Waals surface area contributed by atoms with E-state index in [1.807, 2.05) is 36.4 Å². The Kier molecular flexibility index (Phi) is 8.74. The highest BCUT2D eigenvalue weighted by atomic mass is 35.5. The van der Waals surface area contributed by atoms with Gasteiger partial charge in [-0.1, -0.05) is 59.3 Å². The van der Waals surface area contributed by atoms with Gasteiger partial charge >= 0.3 is 6.05 Å². The minimum absolute atomic E-state index is 0.157. The molecule has 5 rings (SSSR count). The summed E-state index contributed by atoms with van der Waals surface area (Å²) in [6.45, 7) is -1.54. The number of pyridine rings is 1. The van der Waals surface area contributed by atoms with Gasteiger partial charge in [-0.05, 0) is 41.8 Å². The predicted octanol–water partition coefficient (Wildman–Crippen LogP) is 6.42. The van der Waals surface area contributed by atoms with Crippen LogP contribution in [0.25, 0.3) is 10.9 Å². The number of hydrogen-bond donors (Lipinski definition) is 3. The third-order valence-corrected chi connectivity index (χ3v) is 7.22. The molecule has 13 heteroatoms. The van der Waals surface area contributed by atoms with Gasteiger partial charge in [0.2, 0.25) is 0 Å². The van der Waals surface area contributed by atoms with Crippen LogP contribution >= 0.6 is 11.6 Å². The van der Waals surface area contributed by atoms with Crippen LogP contribution in [0, 0.1) is 34.0 Å². The van der Waals surface area contributed by atoms with Crippen LogP contribution in [-0.4, -0.2) is 31.7 Å². The molecule has 0 amide bonds. The van der Waals surface area contributed by atoms with Crippen LogP contribution < -0.4 is 10.6 Å². The molecule has 0 saturated heterocycles. The predicted molar refractivity (Wildman–Crippen MR) is 163 cm³/mol. The normalized spacial score (nSPS) is 13.5. The summed E-state index contributed by atoms with van der Waals surface area (Å²) in [5.74, 6) is 0. The highest BCUT2D eigenvalue weighted by Gasteiger charge is 2.33. The Bertz CT molecular complexity index is 2020. The minimum Gasteiger partial charge on any atom is -0.388 e. The van der Waals surface area contributed by atoms with Crippen LogP contribution in [0.15, 0.2) is 79.1 Å². The van der Waals surface area contributed by atoms with Crippen molar-refractivity contribution >= 4 is 33.9 Å². The Morgan fingerprint density at radius 1 is 1.02 bits per heavy atom. The zero-order valence-electron chi connectivity index (χ0n) is 24.4. The number of aliphatic hydroxyl groups excluding tert-OH is 1. The summed E-state index contributed by atoms with van der Waals surface area (Å²) in [4.78, 5) is 4.38. The molecule has 0 unspecified atom stereocenters. The SMILES string of the molecule is [2H][C@@](Nc1cc(Cl)c2ncc(C#N)c(N[C@H](CCC#N)c3ccccc3)c2c1)(c1cccc(C#N)c1)c1cn(C(F)(F)CO)nn1. The lowest BCUT2D eigenvalue weighted by atomic mass is 9.99. The van der Waals surface area contributed by atoms with Crippen molar-refractivity contribution in [2.45, 2.75) is 30.9 Å². The number of nitrogens with zero attached hydrogens (tertiary/aromatic N) is 7. The first kappa shape index (κ1) is 29.5. The first-order chi connectivity index (χ1) is 22.1. The number of nitrogens with one attached hydrogen (secondary N) is 2. The Morgan fingerprint density at radius 2 is 1.80 bits per heavy atom. The molecule has 5 aromatic rings. The maximum absolute atomic E-state index is 14.3. The number of fused-ring (bicyclic) bond motifs is 1. The van der Waals surface area contributed by atoms with Gasteiger partial charge in [-0.2, -0.15) is 29.2 Å². The number of rotatable bonds is 11. The van der Waals surface area contributed by atoms with Gasteiger partial charge in [-0.3, -0.25) is 4.98 Å². The molecule has 224 valence electrons. The van der Waals surface area contributed by atoms with E-state index in [1.54, 1.807) is 6.07 Å². The second-order valence-electron chi connectivity index (χ2n) is 9.88. The number of aromatic nitrogens is 4. The van der Waals surface area contributed by atoms with Gasteiger partial charge < -0.3 is 15.7 Å². The Hall–Kier alpha value is -5.61. The molecule has 3 aromatic carbocycles. The third-order valence-electron chi connectivity index (χ3n) is 6.94. The lowest BCUT2D eigenvalue weighted by molar-refractivity contribution is -0.131. The Morgan fingerprint density at radius 3 is 2.51 bits per heavy atom. The molecule has 0 spiro atoms. The van der Waals surface area contributed by atoms with E-state index in [0.717, 1.165) is 11.8 Å². The average molecular weight is 625 g/mol. The van der Waals surface area contributed by atoms with Crippen molar-refractivity contribution in [3.63, 3.8) is 0 Å². The molecule has 0 bridgehead atoms. The number of nitriles is 3. The van der Waals surface area contributed by atoms with E-state index in [4.69, 9.17) is 16.7 Å². The number of hydrogen-bond acceptors (Lipinski definition) is 9. The van der Waals surface area contributed by atoms with Gasteiger partial charge in [0, 0.05) is 23.7 Å². The second kappa shape index (κ2) is 13.4. The Balaban J connectivity index is 1.66. The summed E-state index contributed by atoms with van der Waals surface area (Å²) in [5, 5.41) is 52.2. The van der Waals surface area contributed by atoms with Gasteiger partial charge in [-0.25, -0.2) is 0 Å². The molecule has 10 nitrogen and oxygen atoms in total. The van der Waals surface area contributed by atoms with Crippen LogP contribution in [0.2, 0.25) is 5.02 Å². The summed E-state index contributed by atoms with van der Waals surface area (Å²) in [6.07, 6.45) is 2.89. The van der Waals surface area contributed by atoms with Gasteiger partial charge in [0.25, 0.3) is 0 Å². The van der Waals surface area contributed by atoms with Gasteiger partial charge in [0.05, 0.1) is 59.1 Å². The number of benzene rings is 3. The van der Waals surface area contributed by atoms with Gasteiger partial charge in [-0.15, -0.1) is 5.10 Å². The van der Waals surface area contributed by atoms with E-state index in [9.17, 15) is 25.9 Å². The molecule has 0 saturated carbocycles. The summed E-state index contributed by atoms with van der Waals surface area (Å²) in [6, 6.07) is 18.6. The summed E-state index contributed by atoms with van der Waals surface area (Å²) >= 11 is 6.70. The van der Waals surface area contributed by atoms with E-state index >= 15 is 0 Å². The molecule has 0 aliphatic rings. The largest absolute Gasteiger partial charge is 0.388 e. The van der Waals surface area contributed by atoms with Crippen LogP contribution in [0.5, 0.6) is 0 Å². The molecular weight excluding hydrogens is 600 g/mol. The molecular formula is C32H24ClF2N9O. The van der Waals surface area contributed by atoms with Crippen LogP contribution in [-0.2, 0) is 6.05 Å². The van der Waals surface area contributed by atoms with E-state index in [-0.39, 0.29) is 50.2 Å².